The van der Waals surface area contributed by atoms with Crippen molar-refractivity contribution in [3.63, 3.8) is 0 Å². The van der Waals surface area contributed by atoms with E-state index in [1.165, 1.54) is 35.6 Å². The Bertz CT molecular complexity index is 1090. The smallest absolute Gasteiger partial charge is 0.285 e. The molecule has 0 atom stereocenters. The number of methoxy groups -OCH3 is 2. The number of rotatable bonds is 6. The number of thiazole rings is 1. The van der Waals surface area contributed by atoms with Gasteiger partial charge in [-0.2, -0.15) is 8.42 Å². The van der Waals surface area contributed by atoms with Crippen LogP contribution in [0.25, 0.3) is 10.2 Å². The van der Waals surface area contributed by atoms with Gasteiger partial charge < -0.3 is 14.0 Å². The SMILES string of the molecule is COCCn1c(=NS(=O)(=O)c2ccc(Cl)cc2)sc2cc(OC)ccc21. The van der Waals surface area contributed by atoms with E-state index in [-0.39, 0.29) is 4.90 Å². The molecule has 0 spiro atoms. The van der Waals surface area contributed by atoms with Gasteiger partial charge in [-0.05, 0) is 42.5 Å². The van der Waals surface area contributed by atoms with Gasteiger partial charge in [0.15, 0.2) is 0 Å². The van der Waals surface area contributed by atoms with Crippen LogP contribution < -0.4 is 9.54 Å². The predicted molar refractivity (Wildman–Crippen MR) is 102 cm³/mol. The van der Waals surface area contributed by atoms with E-state index >= 15 is 0 Å². The molecule has 0 aliphatic carbocycles. The van der Waals surface area contributed by atoms with Crippen molar-refractivity contribution in [2.24, 2.45) is 4.40 Å². The normalized spacial score (nSPS) is 12.7. The lowest BCUT2D eigenvalue weighted by Gasteiger charge is -2.05. The zero-order chi connectivity index (χ0) is 18.7. The average molecular weight is 413 g/mol. The molecule has 3 rings (SSSR count). The lowest BCUT2D eigenvalue weighted by Crippen LogP contribution is -2.19. The van der Waals surface area contributed by atoms with Crippen molar-refractivity contribution in [1.82, 2.24) is 4.57 Å². The Balaban J connectivity index is 2.18. The third-order valence-electron chi connectivity index (χ3n) is 3.72. The second kappa shape index (κ2) is 7.79. The van der Waals surface area contributed by atoms with Crippen molar-refractivity contribution in [3.05, 3.63) is 52.3 Å². The van der Waals surface area contributed by atoms with E-state index in [0.717, 1.165) is 10.2 Å². The third kappa shape index (κ3) is 3.93. The average Bonchev–Trinajstić information content (AvgIpc) is 2.95. The first-order chi connectivity index (χ1) is 12.4. The third-order valence-corrected chi connectivity index (χ3v) is 6.41. The fraction of sp³-hybridized carbons (Fsp3) is 0.235. The number of halogens is 1. The van der Waals surface area contributed by atoms with Gasteiger partial charge in [-0.15, -0.1) is 4.40 Å². The number of hydrogen-bond acceptors (Lipinski definition) is 5. The van der Waals surface area contributed by atoms with Crippen molar-refractivity contribution in [1.29, 1.82) is 0 Å². The molecule has 9 heteroatoms. The van der Waals surface area contributed by atoms with Crippen molar-refractivity contribution in [3.8, 4) is 5.75 Å². The Hall–Kier alpha value is -1.87. The Morgan fingerprint density at radius 2 is 1.88 bits per heavy atom. The molecule has 2 aromatic carbocycles. The zero-order valence-corrected chi connectivity index (χ0v) is 16.6. The van der Waals surface area contributed by atoms with Crippen molar-refractivity contribution in [2.45, 2.75) is 11.4 Å². The van der Waals surface area contributed by atoms with Crippen LogP contribution in [0.5, 0.6) is 5.75 Å². The standard InChI is InChI=1S/C17H17ClN2O4S2/c1-23-10-9-20-15-8-5-13(24-2)11-16(15)25-17(20)19-26(21,22)14-6-3-12(18)4-7-14/h3-8,11H,9-10H2,1-2H3. The van der Waals surface area contributed by atoms with Crippen LogP contribution in [0.1, 0.15) is 0 Å². The van der Waals surface area contributed by atoms with Crippen molar-refractivity contribution < 1.29 is 17.9 Å². The monoisotopic (exact) mass is 412 g/mol. The Labute approximate surface area is 160 Å². The van der Waals surface area contributed by atoms with Crippen LogP contribution in [-0.4, -0.2) is 33.8 Å². The molecule has 0 aliphatic heterocycles. The van der Waals surface area contributed by atoms with Crippen molar-refractivity contribution >= 4 is 43.2 Å². The van der Waals surface area contributed by atoms with E-state index < -0.39 is 10.0 Å². The van der Waals surface area contributed by atoms with Gasteiger partial charge in [-0.3, -0.25) is 0 Å². The highest BCUT2D eigenvalue weighted by molar-refractivity contribution is 7.90. The van der Waals surface area contributed by atoms with E-state index in [4.69, 9.17) is 21.1 Å². The summed E-state index contributed by atoms with van der Waals surface area (Å²) in [5.74, 6) is 0.699. The van der Waals surface area contributed by atoms with E-state index in [1.807, 2.05) is 22.8 Å². The van der Waals surface area contributed by atoms with Crippen LogP contribution in [0.4, 0.5) is 0 Å². The molecule has 0 saturated heterocycles. The maximum absolute atomic E-state index is 12.7. The number of fused-ring (bicyclic) bond motifs is 1. The molecule has 6 nitrogen and oxygen atoms in total. The van der Waals surface area contributed by atoms with Gasteiger partial charge in [0.05, 0.1) is 28.8 Å². The predicted octanol–water partition coefficient (Wildman–Crippen LogP) is 3.30. The molecular formula is C17H17ClN2O4S2. The number of aromatic nitrogens is 1. The highest BCUT2D eigenvalue weighted by atomic mass is 35.5. The van der Waals surface area contributed by atoms with Crippen LogP contribution in [0.3, 0.4) is 0 Å². The van der Waals surface area contributed by atoms with Crippen molar-refractivity contribution in [2.75, 3.05) is 20.8 Å². The minimum Gasteiger partial charge on any atom is -0.497 e. The molecule has 1 heterocycles. The topological polar surface area (TPSA) is 69.9 Å². The van der Waals surface area contributed by atoms with E-state index in [9.17, 15) is 8.42 Å². The lowest BCUT2D eigenvalue weighted by atomic mass is 10.3. The van der Waals surface area contributed by atoms with Crippen LogP contribution in [0, 0.1) is 0 Å². The summed E-state index contributed by atoms with van der Waals surface area (Å²) in [5.41, 5.74) is 0.873. The number of nitrogens with zero attached hydrogens (tertiary/aromatic N) is 2. The maximum Gasteiger partial charge on any atom is 0.285 e. The Kier molecular flexibility index (Phi) is 5.67. The molecule has 0 amide bonds. The first-order valence-corrected chi connectivity index (χ1v) is 10.3. The molecule has 0 radical (unpaired) electrons. The molecule has 0 fully saturated rings. The fourth-order valence-corrected chi connectivity index (χ4v) is 4.82. The highest BCUT2D eigenvalue weighted by Gasteiger charge is 2.15. The van der Waals surface area contributed by atoms with Gasteiger partial charge in [0.25, 0.3) is 10.0 Å². The number of ether oxygens (including phenoxy) is 2. The van der Waals surface area contributed by atoms with Gasteiger partial charge in [-0.25, -0.2) is 0 Å². The first kappa shape index (κ1) is 18.9. The summed E-state index contributed by atoms with van der Waals surface area (Å²) in [6.07, 6.45) is 0. The summed E-state index contributed by atoms with van der Waals surface area (Å²) in [5, 5.41) is 0.466. The molecule has 26 heavy (non-hydrogen) atoms. The summed E-state index contributed by atoms with van der Waals surface area (Å²) in [6, 6.07) is 11.5. The zero-order valence-electron chi connectivity index (χ0n) is 14.2. The molecule has 0 N–H and O–H groups in total. The summed E-state index contributed by atoms with van der Waals surface area (Å²) < 4.78 is 42.5. The van der Waals surface area contributed by atoms with Crippen LogP contribution in [-0.2, 0) is 21.3 Å². The van der Waals surface area contributed by atoms with E-state index in [2.05, 4.69) is 4.40 Å². The number of sulfonamides is 1. The molecule has 1 aromatic heterocycles. The van der Waals surface area contributed by atoms with E-state index in [1.54, 1.807) is 14.2 Å². The lowest BCUT2D eigenvalue weighted by molar-refractivity contribution is 0.187. The molecular weight excluding hydrogens is 396 g/mol. The summed E-state index contributed by atoms with van der Waals surface area (Å²) in [4.78, 5) is 0.468. The van der Waals surface area contributed by atoms with Gasteiger partial charge >= 0.3 is 0 Å². The molecule has 138 valence electrons. The van der Waals surface area contributed by atoms with Gasteiger partial charge in [0.2, 0.25) is 4.80 Å². The Morgan fingerprint density at radius 3 is 2.54 bits per heavy atom. The van der Waals surface area contributed by atoms with Gasteiger partial charge in [0.1, 0.15) is 5.75 Å². The maximum atomic E-state index is 12.7. The number of hydrogen-bond donors (Lipinski definition) is 0. The summed E-state index contributed by atoms with van der Waals surface area (Å²) >= 11 is 7.12. The fourth-order valence-electron chi connectivity index (χ4n) is 2.41. The molecule has 0 aliphatic rings. The number of benzene rings is 2. The Morgan fingerprint density at radius 1 is 1.15 bits per heavy atom. The molecule has 3 aromatic rings. The summed E-state index contributed by atoms with van der Waals surface area (Å²) in [7, 11) is -0.673. The molecule has 0 bridgehead atoms. The minimum absolute atomic E-state index is 0.0928. The van der Waals surface area contributed by atoms with E-state index in [0.29, 0.717) is 28.7 Å². The van der Waals surface area contributed by atoms with Crippen LogP contribution >= 0.6 is 22.9 Å². The van der Waals surface area contributed by atoms with Crippen LogP contribution in [0.2, 0.25) is 5.02 Å². The van der Waals surface area contributed by atoms with Gasteiger partial charge in [-0.1, -0.05) is 22.9 Å². The second-order valence-electron chi connectivity index (χ2n) is 5.38. The van der Waals surface area contributed by atoms with Gasteiger partial charge in [0, 0.05) is 18.7 Å². The minimum atomic E-state index is -3.86. The highest BCUT2D eigenvalue weighted by Crippen LogP contribution is 2.24. The second-order valence-corrected chi connectivity index (χ2v) is 8.43. The van der Waals surface area contributed by atoms with Crippen LogP contribution in [0.15, 0.2) is 51.8 Å². The largest absolute Gasteiger partial charge is 0.497 e. The molecule has 0 saturated carbocycles. The summed E-state index contributed by atoms with van der Waals surface area (Å²) in [6.45, 7) is 0.920. The molecule has 0 unspecified atom stereocenters. The quantitative estimate of drug-likeness (QED) is 0.622. The first-order valence-electron chi connectivity index (χ1n) is 7.67.